The SMILES string of the molecule is Cc1sc2ncn(NC(=S)Nc3cccc(Cl)c3C)c(=O)c2c1C. The summed E-state index contributed by atoms with van der Waals surface area (Å²) in [7, 11) is 0. The molecule has 0 aliphatic heterocycles. The maximum atomic E-state index is 12.6. The van der Waals surface area contributed by atoms with Gasteiger partial charge in [0.15, 0.2) is 5.11 Å². The first-order valence-corrected chi connectivity index (χ1v) is 8.79. The largest absolute Gasteiger partial charge is 0.331 e. The second-order valence-corrected chi connectivity index (χ2v) is 7.38. The number of halogens is 1. The molecule has 0 saturated carbocycles. The summed E-state index contributed by atoms with van der Waals surface area (Å²) in [6, 6.07) is 5.51. The molecule has 0 spiro atoms. The van der Waals surface area contributed by atoms with E-state index in [-0.39, 0.29) is 10.7 Å². The number of benzene rings is 1. The Kier molecular flexibility index (Phi) is 4.58. The third-order valence-electron chi connectivity index (χ3n) is 3.83. The average molecular weight is 379 g/mol. The molecule has 0 aliphatic carbocycles. The van der Waals surface area contributed by atoms with E-state index in [9.17, 15) is 4.79 Å². The molecule has 0 amide bonds. The van der Waals surface area contributed by atoms with Crippen LogP contribution in [0.2, 0.25) is 5.02 Å². The van der Waals surface area contributed by atoms with E-state index in [0.717, 1.165) is 26.5 Å². The number of aromatic nitrogens is 2. The molecule has 0 unspecified atom stereocenters. The van der Waals surface area contributed by atoms with Crippen LogP contribution in [0.25, 0.3) is 10.2 Å². The van der Waals surface area contributed by atoms with Gasteiger partial charge in [0.2, 0.25) is 0 Å². The third kappa shape index (κ3) is 3.02. The second kappa shape index (κ2) is 6.51. The summed E-state index contributed by atoms with van der Waals surface area (Å²) in [6.45, 7) is 5.80. The number of nitrogens with one attached hydrogen (secondary N) is 2. The molecule has 24 heavy (non-hydrogen) atoms. The summed E-state index contributed by atoms with van der Waals surface area (Å²) in [5, 5.41) is 4.60. The minimum atomic E-state index is -0.172. The van der Waals surface area contributed by atoms with Gasteiger partial charge in [-0.1, -0.05) is 17.7 Å². The van der Waals surface area contributed by atoms with E-state index in [1.54, 1.807) is 0 Å². The van der Waals surface area contributed by atoms with Gasteiger partial charge < -0.3 is 5.32 Å². The van der Waals surface area contributed by atoms with Crippen molar-refractivity contribution in [1.29, 1.82) is 0 Å². The van der Waals surface area contributed by atoms with Gasteiger partial charge >= 0.3 is 0 Å². The van der Waals surface area contributed by atoms with Crippen LogP contribution in [0, 0.1) is 20.8 Å². The molecule has 2 heterocycles. The number of thiocarbonyl (C=S) groups is 1. The molecule has 0 radical (unpaired) electrons. The van der Waals surface area contributed by atoms with Crippen molar-refractivity contribution in [1.82, 2.24) is 9.66 Å². The fourth-order valence-corrected chi connectivity index (χ4v) is 3.69. The molecule has 3 aromatic rings. The highest BCUT2D eigenvalue weighted by Crippen LogP contribution is 2.25. The Balaban J connectivity index is 1.88. The zero-order valence-electron chi connectivity index (χ0n) is 13.3. The summed E-state index contributed by atoms with van der Waals surface area (Å²) in [6.07, 6.45) is 1.44. The van der Waals surface area contributed by atoms with Crippen LogP contribution in [0.5, 0.6) is 0 Å². The molecule has 1 aromatic carbocycles. The van der Waals surface area contributed by atoms with E-state index in [1.165, 1.54) is 22.3 Å². The highest BCUT2D eigenvalue weighted by atomic mass is 35.5. The number of nitrogens with zero attached hydrogens (tertiary/aromatic N) is 2. The van der Waals surface area contributed by atoms with Crippen molar-refractivity contribution in [3.8, 4) is 0 Å². The van der Waals surface area contributed by atoms with E-state index in [2.05, 4.69) is 15.7 Å². The lowest BCUT2D eigenvalue weighted by Gasteiger charge is -2.14. The van der Waals surface area contributed by atoms with Crippen LogP contribution in [-0.2, 0) is 0 Å². The second-order valence-electron chi connectivity index (χ2n) is 5.36. The fraction of sp³-hybridized carbons (Fsp3) is 0.188. The van der Waals surface area contributed by atoms with Gasteiger partial charge in [0.25, 0.3) is 5.56 Å². The minimum Gasteiger partial charge on any atom is -0.331 e. The van der Waals surface area contributed by atoms with Crippen molar-refractivity contribution in [3.05, 3.63) is 55.9 Å². The number of hydrogen-bond donors (Lipinski definition) is 2. The summed E-state index contributed by atoms with van der Waals surface area (Å²) >= 11 is 12.9. The number of rotatable bonds is 2. The Bertz CT molecular complexity index is 1010. The molecular weight excluding hydrogens is 364 g/mol. The summed E-state index contributed by atoms with van der Waals surface area (Å²) in [4.78, 5) is 18.8. The van der Waals surface area contributed by atoms with Crippen LogP contribution in [0.15, 0.2) is 29.3 Å². The number of anilines is 1. The molecule has 3 rings (SSSR count). The van der Waals surface area contributed by atoms with Gasteiger partial charge in [-0.15, -0.1) is 11.3 Å². The van der Waals surface area contributed by atoms with Crippen LogP contribution in [-0.4, -0.2) is 14.8 Å². The van der Waals surface area contributed by atoms with Crippen molar-refractivity contribution in [2.75, 3.05) is 10.7 Å². The molecule has 0 atom stereocenters. The van der Waals surface area contributed by atoms with E-state index in [4.69, 9.17) is 23.8 Å². The van der Waals surface area contributed by atoms with Crippen LogP contribution >= 0.6 is 35.2 Å². The quantitative estimate of drug-likeness (QED) is 0.660. The lowest BCUT2D eigenvalue weighted by molar-refractivity contribution is 0.898. The number of thiophene rings is 1. The van der Waals surface area contributed by atoms with Gasteiger partial charge in [0, 0.05) is 15.6 Å². The maximum absolute atomic E-state index is 12.6. The fourth-order valence-electron chi connectivity index (χ4n) is 2.32. The van der Waals surface area contributed by atoms with Gasteiger partial charge in [0.05, 0.1) is 5.39 Å². The Morgan fingerprint density at radius 3 is 2.79 bits per heavy atom. The topological polar surface area (TPSA) is 59.0 Å². The molecule has 2 N–H and O–H groups in total. The monoisotopic (exact) mass is 378 g/mol. The van der Waals surface area contributed by atoms with Crippen molar-refractivity contribution >= 4 is 56.2 Å². The highest BCUT2D eigenvalue weighted by Gasteiger charge is 2.13. The molecule has 0 saturated heterocycles. The molecular formula is C16H15ClN4OS2. The lowest BCUT2D eigenvalue weighted by Crippen LogP contribution is -2.35. The zero-order chi connectivity index (χ0) is 17.4. The van der Waals surface area contributed by atoms with Crippen LogP contribution in [0.1, 0.15) is 16.0 Å². The van der Waals surface area contributed by atoms with Crippen LogP contribution in [0.4, 0.5) is 5.69 Å². The highest BCUT2D eigenvalue weighted by molar-refractivity contribution is 7.80. The summed E-state index contributed by atoms with van der Waals surface area (Å²) in [5.74, 6) is 0. The van der Waals surface area contributed by atoms with Crippen molar-refractivity contribution < 1.29 is 0 Å². The Morgan fingerprint density at radius 2 is 2.04 bits per heavy atom. The smallest absolute Gasteiger partial charge is 0.281 e. The summed E-state index contributed by atoms with van der Waals surface area (Å²) < 4.78 is 1.29. The molecule has 8 heteroatoms. The predicted octanol–water partition coefficient (Wildman–Crippen LogP) is 3.98. The van der Waals surface area contributed by atoms with Crippen molar-refractivity contribution in [2.24, 2.45) is 0 Å². The first kappa shape index (κ1) is 16.9. The first-order chi connectivity index (χ1) is 11.4. The van der Waals surface area contributed by atoms with Crippen molar-refractivity contribution in [3.63, 3.8) is 0 Å². The molecule has 2 aromatic heterocycles. The number of aryl methyl sites for hydroxylation is 2. The summed E-state index contributed by atoms with van der Waals surface area (Å²) in [5.41, 5.74) is 5.30. The Labute approximate surface area is 153 Å². The standard InChI is InChI=1S/C16H15ClN4OS2/c1-8-10(3)24-14-13(8)15(22)21(7-18-14)20-16(23)19-12-6-4-5-11(17)9(12)2/h4-7H,1-3H3,(H2,19,20,23). The Hall–Kier alpha value is -1.96. The first-order valence-electron chi connectivity index (χ1n) is 7.19. The zero-order valence-corrected chi connectivity index (χ0v) is 15.7. The number of hydrogen-bond acceptors (Lipinski definition) is 4. The van der Waals surface area contributed by atoms with Gasteiger partial charge in [-0.25, -0.2) is 9.66 Å². The van der Waals surface area contributed by atoms with Crippen LogP contribution in [0.3, 0.4) is 0 Å². The van der Waals surface area contributed by atoms with E-state index in [1.807, 2.05) is 39.0 Å². The van der Waals surface area contributed by atoms with Gasteiger partial charge in [-0.3, -0.25) is 10.2 Å². The van der Waals surface area contributed by atoms with Gasteiger partial charge in [-0.2, -0.15) is 0 Å². The van der Waals surface area contributed by atoms with E-state index < -0.39 is 0 Å². The predicted molar refractivity (Wildman–Crippen MR) is 105 cm³/mol. The average Bonchev–Trinajstić information content (AvgIpc) is 2.82. The minimum absolute atomic E-state index is 0.172. The molecule has 0 fully saturated rings. The molecule has 5 nitrogen and oxygen atoms in total. The molecule has 124 valence electrons. The van der Waals surface area contributed by atoms with Gasteiger partial charge in [-0.05, 0) is 56.2 Å². The van der Waals surface area contributed by atoms with Crippen molar-refractivity contribution in [2.45, 2.75) is 20.8 Å². The van der Waals surface area contributed by atoms with E-state index >= 15 is 0 Å². The third-order valence-corrected chi connectivity index (χ3v) is 5.55. The van der Waals surface area contributed by atoms with Crippen LogP contribution < -0.4 is 16.3 Å². The normalized spacial score (nSPS) is 10.8. The molecule has 0 bridgehead atoms. The van der Waals surface area contributed by atoms with E-state index in [0.29, 0.717) is 10.4 Å². The maximum Gasteiger partial charge on any atom is 0.281 e. The number of fused-ring (bicyclic) bond motifs is 1. The van der Waals surface area contributed by atoms with Gasteiger partial charge in [0.1, 0.15) is 11.2 Å². The Morgan fingerprint density at radius 1 is 1.29 bits per heavy atom. The lowest BCUT2D eigenvalue weighted by atomic mass is 10.2. The molecule has 0 aliphatic rings.